The number of nitrogens with zero attached hydrogens (tertiary/aromatic N) is 1. The minimum atomic E-state index is 0.661. The summed E-state index contributed by atoms with van der Waals surface area (Å²) < 4.78 is 5.92. The Hall–Kier alpha value is -1.68. The predicted octanol–water partition coefficient (Wildman–Crippen LogP) is 3.62. The molecule has 0 spiro atoms. The Labute approximate surface area is 117 Å². The van der Waals surface area contributed by atoms with Gasteiger partial charge in [0.1, 0.15) is 16.2 Å². The van der Waals surface area contributed by atoms with Crippen LogP contribution < -0.4 is 4.74 Å². The molecule has 0 saturated heterocycles. The van der Waals surface area contributed by atoms with Crippen LogP contribution in [-0.4, -0.2) is 17.1 Å². The minimum Gasteiger partial charge on any atom is -0.497 e. The highest BCUT2D eigenvalue weighted by Gasteiger charge is 2.24. The molecule has 3 rings (SSSR count). The molecule has 4 heteroatoms. The molecule has 1 N–H and O–H groups in total. The number of nitrogens with one attached hydrogen (secondary N) is 1. The smallest absolute Gasteiger partial charge is 0.130 e. The van der Waals surface area contributed by atoms with Crippen molar-refractivity contribution in [3.05, 3.63) is 52.1 Å². The van der Waals surface area contributed by atoms with Crippen LogP contribution in [0, 0.1) is 4.64 Å². The molecule has 0 bridgehead atoms. The van der Waals surface area contributed by atoms with Crippen molar-refractivity contribution in [2.45, 2.75) is 25.2 Å². The molecule has 1 aromatic heterocycles. The Bertz CT molecular complexity index is 647. The third kappa shape index (κ3) is 3.01. The highest BCUT2D eigenvalue weighted by Crippen LogP contribution is 2.38. The molecular formula is C15H16N2OS. The quantitative estimate of drug-likeness (QED) is 0.864. The van der Waals surface area contributed by atoms with Crippen molar-refractivity contribution in [3.8, 4) is 5.75 Å². The molecule has 3 nitrogen and oxygen atoms in total. The topological polar surface area (TPSA) is 37.9 Å². The lowest BCUT2D eigenvalue weighted by Gasteiger charge is -2.06. The van der Waals surface area contributed by atoms with Crippen LogP contribution in [0.1, 0.15) is 35.8 Å². The fraction of sp³-hybridized carbons (Fsp3) is 0.333. The molecule has 1 aromatic carbocycles. The van der Waals surface area contributed by atoms with Gasteiger partial charge >= 0.3 is 0 Å². The summed E-state index contributed by atoms with van der Waals surface area (Å²) in [6, 6.07) is 10.0. The van der Waals surface area contributed by atoms with Crippen molar-refractivity contribution in [1.29, 1.82) is 0 Å². The number of rotatable bonds is 4. The molecular weight excluding hydrogens is 256 g/mol. The summed E-state index contributed by atoms with van der Waals surface area (Å²) in [5, 5.41) is 0. The molecule has 0 amide bonds. The van der Waals surface area contributed by atoms with E-state index in [-0.39, 0.29) is 0 Å². The van der Waals surface area contributed by atoms with E-state index in [9.17, 15) is 0 Å². The number of hydrogen-bond acceptors (Lipinski definition) is 3. The number of methoxy groups -OCH3 is 1. The van der Waals surface area contributed by atoms with Crippen molar-refractivity contribution in [3.63, 3.8) is 0 Å². The molecule has 1 aliphatic carbocycles. The second kappa shape index (κ2) is 5.13. The Balaban J connectivity index is 1.87. The van der Waals surface area contributed by atoms with E-state index in [0.29, 0.717) is 10.6 Å². The van der Waals surface area contributed by atoms with Gasteiger partial charge in [0.15, 0.2) is 0 Å². The second-order valence-corrected chi connectivity index (χ2v) is 5.34. The first-order chi connectivity index (χ1) is 9.24. The van der Waals surface area contributed by atoms with Crippen LogP contribution in [0.3, 0.4) is 0 Å². The van der Waals surface area contributed by atoms with E-state index in [1.165, 1.54) is 24.1 Å². The van der Waals surface area contributed by atoms with E-state index in [1.807, 2.05) is 24.3 Å². The zero-order valence-corrected chi connectivity index (χ0v) is 11.7. The van der Waals surface area contributed by atoms with Gasteiger partial charge in [0.2, 0.25) is 0 Å². The lowest BCUT2D eigenvalue weighted by molar-refractivity contribution is 0.414. The zero-order valence-electron chi connectivity index (χ0n) is 10.8. The molecule has 1 heterocycles. The van der Waals surface area contributed by atoms with Gasteiger partial charge in [-0.25, -0.2) is 4.98 Å². The standard InChI is InChI=1S/C15H16N2OS/c1-18-12-4-2-3-10(7-12)8-14-16-13(11-5-6-11)9-15(19)17-14/h2-4,7,9,11H,5-6,8H2,1H3,(H,16,17,19). The van der Waals surface area contributed by atoms with Crippen LogP contribution in [0.15, 0.2) is 30.3 Å². The SMILES string of the molecule is COc1cccc(Cc2nc(=S)cc(C3CC3)[nH]2)c1. The molecule has 1 saturated carbocycles. The van der Waals surface area contributed by atoms with Crippen LogP contribution in [-0.2, 0) is 6.42 Å². The van der Waals surface area contributed by atoms with E-state index in [4.69, 9.17) is 17.0 Å². The third-order valence-corrected chi connectivity index (χ3v) is 3.54. The molecule has 0 atom stereocenters. The molecule has 2 aromatic rings. The first kappa shape index (κ1) is 12.4. The predicted molar refractivity (Wildman–Crippen MR) is 77.2 cm³/mol. The lowest BCUT2D eigenvalue weighted by atomic mass is 10.1. The molecule has 98 valence electrons. The van der Waals surface area contributed by atoms with Gasteiger partial charge < -0.3 is 9.72 Å². The molecule has 1 fully saturated rings. The average molecular weight is 272 g/mol. The van der Waals surface area contributed by atoms with Crippen LogP contribution in [0.25, 0.3) is 0 Å². The van der Waals surface area contributed by atoms with Crippen molar-refractivity contribution in [1.82, 2.24) is 9.97 Å². The average Bonchev–Trinajstić information content (AvgIpc) is 3.22. The van der Waals surface area contributed by atoms with Crippen LogP contribution in [0.4, 0.5) is 0 Å². The van der Waals surface area contributed by atoms with Crippen LogP contribution in [0.5, 0.6) is 5.75 Å². The Morgan fingerprint density at radius 2 is 2.21 bits per heavy atom. The van der Waals surface area contributed by atoms with Crippen LogP contribution >= 0.6 is 12.2 Å². The maximum Gasteiger partial charge on any atom is 0.130 e. The number of hydrogen-bond donors (Lipinski definition) is 1. The highest BCUT2D eigenvalue weighted by molar-refractivity contribution is 7.71. The van der Waals surface area contributed by atoms with Gasteiger partial charge in [0.05, 0.1) is 7.11 Å². The highest BCUT2D eigenvalue weighted by atomic mass is 32.1. The van der Waals surface area contributed by atoms with Gasteiger partial charge in [-0.2, -0.15) is 0 Å². The number of aromatic amines is 1. The Morgan fingerprint density at radius 3 is 2.95 bits per heavy atom. The van der Waals surface area contributed by atoms with Gasteiger partial charge in [-0.3, -0.25) is 0 Å². The van der Waals surface area contributed by atoms with Gasteiger partial charge in [-0.1, -0.05) is 24.4 Å². The number of aromatic nitrogens is 2. The first-order valence-electron chi connectivity index (χ1n) is 6.47. The summed E-state index contributed by atoms with van der Waals surface area (Å²) in [6.45, 7) is 0. The molecule has 0 aliphatic heterocycles. The van der Waals surface area contributed by atoms with Gasteiger partial charge in [-0.05, 0) is 42.5 Å². The molecule has 0 radical (unpaired) electrons. The first-order valence-corrected chi connectivity index (χ1v) is 6.88. The number of benzene rings is 1. The zero-order chi connectivity index (χ0) is 13.2. The summed E-state index contributed by atoms with van der Waals surface area (Å²) in [6.07, 6.45) is 3.27. The van der Waals surface area contributed by atoms with E-state index in [0.717, 1.165) is 18.0 Å². The van der Waals surface area contributed by atoms with E-state index in [1.54, 1.807) is 7.11 Å². The van der Waals surface area contributed by atoms with Crippen molar-refractivity contribution < 1.29 is 4.74 Å². The largest absolute Gasteiger partial charge is 0.497 e. The van der Waals surface area contributed by atoms with Crippen LogP contribution in [0.2, 0.25) is 0 Å². The molecule has 0 unspecified atom stereocenters. The Morgan fingerprint density at radius 1 is 1.37 bits per heavy atom. The molecule has 19 heavy (non-hydrogen) atoms. The summed E-state index contributed by atoms with van der Waals surface area (Å²) in [4.78, 5) is 7.83. The summed E-state index contributed by atoms with van der Waals surface area (Å²) in [5.74, 6) is 2.46. The summed E-state index contributed by atoms with van der Waals surface area (Å²) in [5.41, 5.74) is 2.41. The van der Waals surface area contributed by atoms with Crippen molar-refractivity contribution >= 4 is 12.2 Å². The Kier molecular flexibility index (Phi) is 3.34. The normalized spacial score (nSPS) is 14.4. The number of ether oxygens (including phenoxy) is 1. The van der Waals surface area contributed by atoms with E-state index in [2.05, 4.69) is 16.0 Å². The van der Waals surface area contributed by atoms with Gasteiger partial charge in [0, 0.05) is 12.1 Å². The third-order valence-electron chi connectivity index (χ3n) is 3.34. The van der Waals surface area contributed by atoms with E-state index < -0.39 is 0 Å². The summed E-state index contributed by atoms with van der Waals surface area (Å²) in [7, 11) is 1.68. The maximum atomic E-state index is 5.24. The fourth-order valence-electron chi connectivity index (χ4n) is 2.20. The van der Waals surface area contributed by atoms with Gasteiger partial charge in [0.25, 0.3) is 0 Å². The van der Waals surface area contributed by atoms with Crippen molar-refractivity contribution in [2.24, 2.45) is 0 Å². The summed E-state index contributed by atoms with van der Waals surface area (Å²) >= 11 is 5.24. The number of H-pyrrole nitrogens is 1. The molecule has 1 aliphatic rings. The van der Waals surface area contributed by atoms with Gasteiger partial charge in [-0.15, -0.1) is 0 Å². The van der Waals surface area contributed by atoms with E-state index >= 15 is 0 Å². The fourth-order valence-corrected chi connectivity index (χ4v) is 2.44. The minimum absolute atomic E-state index is 0.661. The maximum absolute atomic E-state index is 5.24. The monoisotopic (exact) mass is 272 g/mol. The van der Waals surface area contributed by atoms with Crippen molar-refractivity contribution in [2.75, 3.05) is 7.11 Å². The second-order valence-electron chi connectivity index (χ2n) is 4.92. The lowest BCUT2D eigenvalue weighted by Crippen LogP contribution is -2.00.